The van der Waals surface area contributed by atoms with Crippen LogP contribution in [0.2, 0.25) is 0 Å². The molecule has 0 saturated heterocycles. The molecule has 0 bridgehead atoms. The van der Waals surface area contributed by atoms with Gasteiger partial charge in [-0.05, 0) is 43.5 Å². The van der Waals surface area contributed by atoms with Crippen molar-refractivity contribution < 1.29 is 12.8 Å². The van der Waals surface area contributed by atoms with Crippen molar-refractivity contribution in [1.29, 1.82) is 0 Å². The van der Waals surface area contributed by atoms with E-state index in [-0.39, 0.29) is 11.1 Å². The van der Waals surface area contributed by atoms with Gasteiger partial charge in [0, 0.05) is 10.9 Å². The van der Waals surface area contributed by atoms with Gasteiger partial charge in [-0.25, -0.2) is 13.1 Å². The molecule has 2 aromatic rings. The number of hydrogen-bond acceptors (Lipinski definition) is 5. The van der Waals surface area contributed by atoms with Gasteiger partial charge in [0.2, 0.25) is 5.09 Å². The normalized spacial score (nSPS) is 13.4. The molecule has 116 valence electrons. The van der Waals surface area contributed by atoms with Gasteiger partial charge in [-0.2, -0.15) is 0 Å². The third-order valence-electron chi connectivity index (χ3n) is 2.89. The molecule has 2 rings (SSSR count). The summed E-state index contributed by atoms with van der Waals surface area (Å²) in [7, 11) is -3.61. The smallest absolute Gasteiger partial charge is 0.274 e. The standard InChI is InChI=1S/C14H20N2O3S2/c1-3-15-10-12-6-7-14(19-12)21(17,18)16-11(2)9-13-5-4-8-20-13/h4-8,11,15-16H,3,9-10H2,1-2H3. The summed E-state index contributed by atoms with van der Waals surface area (Å²) in [6.45, 7) is 5.16. The van der Waals surface area contributed by atoms with Crippen LogP contribution in [-0.4, -0.2) is 21.0 Å². The topological polar surface area (TPSA) is 71.3 Å². The van der Waals surface area contributed by atoms with E-state index >= 15 is 0 Å². The van der Waals surface area contributed by atoms with E-state index in [9.17, 15) is 8.42 Å². The predicted octanol–water partition coefficient (Wildman–Crippen LogP) is 2.36. The zero-order valence-corrected chi connectivity index (χ0v) is 13.8. The monoisotopic (exact) mass is 328 g/mol. The van der Waals surface area contributed by atoms with E-state index in [1.54, 1.807) is 17.4 Å². The molecule has 5 nitrogen and oxygen atoms in total. The van der Waals surface area contributed by atoms with Crippen LogP contribution in [0.3, 0.4) is 0 Å². The zero-order valence-electron chi connectivity index (χ0n) is 12.1. The lowest BCUT2D eigenvalue weighted by molar-refractivity contribution is 0.399. The number of thiophene rings is 1. The third kappa shape index (κ3) is 4.67. The molecule has 0 aromatic carbocycles. The highest BCUT2D eigenvalue weighted by Crippen LogP contribution is 2.16. The van der Waals surface area contributed by atoms with Crippen LogP contribution in [0.4, 0.5) is 0 Å². The van der Waals surface area contributed by atoms with E-state index in [0.717, 1.165) is 11.4 Å². The summed E-state index contributed by atoms with van der Waals surface area (Å²) in [4.78, 5) is 1.15. The van der Waals surface area contributed by atoms with Crippen LogP contribution in [0.1, 0.15) is 24.5 Å². The Bertz CT molecular complexity index is 648. The van der Waals surface area contributed by atoms with Crippen LogP contribution < -0.4 is 10.0 Å². The second-order valence-electron chi connectivity index (χ2n) is 4.81. The second kappa shape index (κ2) is 7.22. The molecule has 7 heteroatoms. The molecule has 0 fully saturated rings. The minimum Gasteiger partial charge on any atom is -0.447 e. The van der Waals surface area contributed by atoms with E-state index in [0.29, 0.717) is 18.7 Å². The maximum atomic E-state index is 12.2. The molecule has 1 atom stereocenters. The lowest BCUT2D eigenvalue weighted by Gasteiger charge is -2.11. The summed E-state index contributed by atoms with van der Waals surface area (Å²) in [6, 6.07) is 6.95. The SMILES string of the molecule is CCNCc1ccc(S(=O)(=O)NC(C)Cc2cccs2)o1. The Kier molecular flexibility index (Phi) is 5.58. The fourth-order valence-electron chi connectivity index (χ4n) is 1.94. The summed E-state index contributed by atoms with van der Waals surface area (Å²) in [6.07, 6.45) is 0.669. The van der Waals surface area contributed by atoms with Gasteiger partial charge in [-0.15, -0.1) is 11.3 Å². The summed E-state index contributed by atoms with van der Waals surface area (Å²) >= 11 is 1.62. The maximum absolute atomic E-state index is 12.2. The first-order chi connectivity index (χ1) is 10.0. The number of nitrogens with one attached hydrogen (secondary N) is 2. The van der Waals surface area contributed by atoms with Crippen LogP contribution in [-0.2, 0) is 23.0 Å². The Hall–Kier alpha value is -1.15. The highest BCUT2D eigenvalue weighted by molar-refractivity contribution is 7.89. The van der Waals surface area contributed by atoms with Crippen molar-refractivity contribution in [1.82, 2.24) is 10.0 Å². The van der Waals surface area contributed by atoms with E-state index in [4.69, 9.17) is 4.42 Å². The van der Waals surface area contributed by atoms with Crippen molar-refractivity contribution in [3.63, 3.8) is 0 Å². The summed E-state index contributed by atoms with van der Waals surface area (Å²) in [5, 5.41) is 5.04. The zero-order chi connectivity index (χ0) is 15.3. The summed E-state index contributed by atoms with van der Waals surface area (Å²) in [5.41, 5.74) is 0. The molecule has 0 aliphatic carbocycles. The number of sulfonamides is 1. The Morgan fingerprint density at radius 1 is 1.33 bits per heavy atom. The van der Waals surface area contributed by atoms with E-state index in [1.165, 1.54) is 6.07 Å². The second-order valence-corrected chi connectivity index (χ2v) is 7.48. The first-order valence-corrected chi connectivity index (χ1v) is 9.21. The van der Waals surface area contributed by atoms with Gasteiger partial charge >= 0.3 is 0 Å². The van der Waals surface area contributed by atoms with Crippen LogP contribution in [0, 0.1) is 0 Å². The fraction of sp³-hybridized carbons (Fsp3) is 0.429. The molecule has 0 radical (unpaired) electrons. The van der Waals surface area contributed by atoms with Gasteiger partial charge in [0.05, 0.1) is 6.54 Å². The molecule has 1 unspecified atom stereocenters. The number of furan rings is 1. The van der Waals surface area contributed by atoms with Gasteiger partial charge in [0.1, 0.15) is 5.76 Å². The van der Waals surface area contributed by atoms with Crippen molar-refractivity contribution >= 4 is 21.4 Å². The Labute approximate surface area is 129 Å². The fourth-order valence-corrected chi connectivity index (χ4v) is 3.97. The van der Waals surface area contributed by atoms with E-state index in [1.807, 2.05) is 31.4 Å². The van der Waals surface area contributed by atoms with Crippen LogP contribution in [0.15, 0.2) is 39.2 Å². The first kappa shape index (κ1) is 16.2. The van der Waals surface area contributed by atoms with Crippen molar-refractivity contribution in [3.8, 4) is 0 Å². The third-order valence-corrected chi connectivity index (χ3v) is 5.26. The van der Waals surface area contributed by atoms with E-state index in [2.05, 4.69) is 10.0 Å². The minimum absolute atomic E-state index is 0.0339. The van der Waals surface area contributed by atoms with Gasteiger partial charge in [0.25, 0.3) is 10.0 Å². The van der Waals surface area contributed by atoms with Crippen LogP contribution >= 0.6 is 11.3 Å². The van der Waals surface area contributed by atoms with Gasteiger partial charge in [0.15, 0.2) is 0 Å². The molecule has 0 amide bonds. The van der Waals surface area contributed by atoms with E-state index < -0.39 is 10.0 Å². The molecule has 0 spiro atoms. The van der Waals surface area contributed by atoms with Crippen molar-refractivity contribution in [3.05, 3.63) is 40.3 Å². The Balaban J connectivity index is 1.98. The van der Waals surface area contributed by atoms with Gasteiger partial charge < -0.3 is 9.73 Å². The average molecular weight is 328 g/mol. The minimum atomic E-state index is -3.61. The highest BCUT2D eigenvalue weighted by atomic mass is 32.2. The average Bonchev–Trinajstić information content (AvgIpc) is 3.06. The Morgan fingerprint density at radius 2 is 2.14 bits per heavy atom. The molecule has 2 aromatic heterocycles. The maximum Gasteiger partial charge on any atom is 0.274 e. The predicted molar refractivity (Wildman–Crippen MR) is 83.9 cm³/mol. The lowest BCUT2D eigenvalue weighted by Crippen LogP contribution is -2.33. The van der Waals surface area contributed by atoms with Gasteiger partial charge in [-0.3, -0.25) is 0 Å². The number of rotatable bonds is 8. The molecular weight excluding hydrogens is 308 g/mol. The lowest BCUT2D eigenvalue weighted by atomic mass is 10.2. The largest absolute Gasteiger partial charge is 0.447 e. The van der Waals surface area contributed by atoms with Crippen molar-refractivity contribution in [2.75, 3.05) is 6.54 Å². The molecule has 2 N–H and O–H groups in total. The molecule has 0 aliphatic heterocycles. The molecule has 0 aliphatic rings. The van der Waals surface area contributed by atoms with Crippen LogP contribution in [0.25, 0.3) is 0 Å². The van der Waals surface area contributed by atoms with Crippen LogP contribution in [0.5, 0.6) is 0 Å². The van der Waals surface area contributed by atoms with Gasteiger partial charge in [-0.1, -0.05) is 13.0 Å². The quantitative estimate of drug-likeness (QED) is 0.780. The summed E-state index contributed by atoms with van der Waals surface area (Å²) in [5.74, 6) is 0.614. The molecule has 2 heterocycles. The van der Waals surface area contributed by atoms with Crippen molar-refractivity contribution in [2.45, 2.75) is 37.9 Å². The Morgan fingerprint density at radius 3 is 2.81 bits per heavy atom. The molecular formula is C14H20N2O3S2. The highest BCUT2D eigenvalue weighted by Gasteiger charge is 2.21. The molecule has 21 heavy (non-hydrogen) atoms. The number of hydrogen-bond donors (Lipinski definition) is 2. The summed E-state index contributed by atoms with van der Waals surface area (Å²) < 4.78 is 32.5. The van der Waals surface area contributed by atoms with Crippen molar-refractivity contribution in [2.24, 2.45) is 0 Å². The molecule has 0 saturated carbocycles. The first-order valence-electron chi connectivity index (χ1n) is 6.85.